The van der Waals surface area contributed by atoms with Gasteiger partial charge in [-0.3, -0.25) is 0 Å². The van der Waals surface area contributed by atoms with E-state index in [1.54, 1.807) is 18.3 Å². The molecule has 2 heterocycles. The monoisotopic (exact) mass is 353 g/mol. The molecule has 0 unspecified atom stereocenters. The zero-order valence-corrected chi connectivity index (χ0v) is 14.3. The Morgan fingerprint density at radius 2 is 2.00 bits per heavy atom. The van der Waals surface area contributed by atoms with Crippen molar-refractivity contribution < 1.29 is 9.53 Å². The van der Waals surface area contributed by atoms with Crippen molar-refractivity contribution in [3.63, 3.8) is 0 Å². The van der Waals surface area contributed by atoms with Gasteiger partial charge in [0.1, 0.15) is 0 Å². The highest BCUT2D eigenvalue weighted by atomic mass is 35.5. The maximum Gasteiger partial charge on any atom is 0.340 e. The van der Waals surface area contributed by atoms with Crippen LogP contribution in [0.2, 0.25) is 10.0 Å². The molecule has 7 heteroatoms. The zero-order valence-electron chi connectivity index (χ0n) is 12.8. The van der Waals surface area contributed by atoms with E-state index in [9.17, 15) is 4.79 Å². The summed E-state index contributed by atoms with van der Waals surface area (Å²) in [7, 11) is 2.07. The summed E-state index contributed by atoms with van der Waals surface area (Å²) in [6, 6.07) is 3.51. The van der Waals surface area contributed by atoms with Crippen LogP contribution in [0, 0.1) is 0 Å². The minimum atomic E-state index is -0.367. The molecule has 5 nitrogen and oxygen atoms in total. The molecule has 23 heavy (non-hydrogen) atoms. The highest BCUT2D eigenvalue weighted by Crippen LogP contribution is 2.27. The Labute approximate surface area is 144 Å². The summed E-state index contributed by atoms with van der Waals surface area (Å²) in [4.78, 5) is 14.7. The number of rotatable bonds is 3. The highest BCUT2D eigenvalue weighted by Gasteiger charge is 2.21. The number of ether oxygens (including phenoxy) is 1. The van der Waals surface area contributed by atoms with E-state index in [0.29, 0.717) is 15.6 Å². The van der Waals surface area contributed by atoms with Gasteiger partial charge >= 0.3 is 5.97 Å². The van der Waals surface area contributed by atoms with E-state index >= 15 is 0 Å². The van der Waals surface area contributed by atoms with Crippen molar-refractivity contribution in [3.05, 3.63) is 51.3 Å². The molecule has 1 aliphatic heterocycles. The molecule has 1 aliphatic rings. The van der Waals surface area contributed by atoms with E-state index in [1.165, 1.54) is 10.9 Å². The van der Waals surface area contributed by atoms with Crippen molar-refractivity contribution in [1.29, 1.82) is 0 Å². The topological polar surface area (TPSA) is 47.4 Å². The first-order valence-corrected chi connectivity index (χ1v) is 8.14. The number of benzene rings is 1. The van der Waals surface area contributed by atoms with Crippen LogP contribution < -0.4 is 0 Å². The standard InChI is InChI=1S/C16H17Cl2N3O2/c1-20-6-4-12-13(5-7-20)15(18)3-2-14(12)16(22)23-10-21-9-11(17)8-19-21/h2-3,8-9H,4-7,10H2,1H3. The van der Waals surface area contributed by atoms with Crippen LogP contribution in [-0.2, 0) is 24.3 Å². The van der Waals surface area contributed by atoms with Gasteiger partial charge in [0.2, 0.25) is 0 Å². The Bertz CT molecular complexity index is 730. The predicted molar refractivity (Wildman–Crippen MR) is 89.0 cm³/mol. The van der Waals surface area contributed by atoms with E-state index in [4.69, 9.17) is 27.9 Å². The molecular formula is C16H17Cl2N3O2. The van der Waals surface area contributed by atoms with Crippen molar-refractivity contribution in [3.8, 4) is 0 Å². The molecule has 122 valence electrons. The van der Waals surface area contributed by atoms with Gasteiger partial charge in [-0.15, -0.1) is 0 Å². The number of aromatic nitrogens is 2. The average molecular weight is 354 g/mol. The van der Waals surface area contributed by atoms with Crippen molar-refractivity contribution in [2.45, 2.75) is 19.6 Å². The lowest BCUT2D eigenvalue weighted by atomic mass is 9.97. The molecule has 1 aromatic heterocycles. The van der Waals surface area contributed by atoms with Gasteiger partial charge in [0.05, 0.1) is 16.8 Å². The van der Waals surface area contributed by atoms with E-state index in [-0.39, 0.29) is 12.7 Å². The second-order valence-corrected chi connectivity index (χ2v) is 6.46. The van der Waals surface area contributed by atoms with Crippen LogP contribution in [0.3, 0.4) is 0 Å². The summed E-state index contributed by atoms with van der Waals surface area (Å²) < 4.78 is 6.82. The summed E-state index contributed by atoms with van der Waals surface area (Å²) in [6.45, 7) is 1.85. The van der Waals surface area contributed by atoms with Crippen molar-refractivity contribution >= 4 is 29.2 Å². The van der Waals surface area contributed by atoms with Gasteiger partial charge in [-0.1, -0.05) is 23.2 Å². The largest absolute Gasteiger partial charge is 0.439 e. The van der Waals surface area contributed by atoms with Gasteiger partial charge in [-0.2, -0.15) is 5.10 Å². The molecule has 0 bridgehead atoms. The Morgan fingerprint density at radius 1 is 1.26 bits per heavy atom. The number of hydrogen-bond acceptors (Lipinski definition) is 4. The number of esters is 1. The zero-order chi connectivity index (χ0) is 16.4. The van der Waals surface area contributed by atoms with E-state index < -0.39 is 0 Å². The SMILES string of the molecule is CN1CCc2c(Cl)ccc(C(=O)OCn3cc(Cl)cn3)c2CC1. The fraction of sp³-hybridized carbons (Fsp3) is 0.375. The lowest BCUT2D eigenvalue weighted by Gasteiger charge is -2.13. The minimum absolute atomic E-state index is 0.0306. The molecule has 2 aromatic rings. The summed E-state index contributed by atoms with van der Waals surface area (Å²) in [6.07, 6.45) is 4.72. The molecule has 0 saturated heterocycles. The van der Waals surface area contributed by atoms with E-state index in [1.807, 2.05) is 0 Å². The van der Waals surface area contributed by atoms with E-state index in [0.717, 1.165) is 37.1 Å². The van der Waals surface area contributed by atoms with Gasteiger partial charge in [0, 0.05) is 24.3 Å². The Kier molecular flexibility index (Phi) is 4.90. The molecule has 0 aliphatic carbocycles. The fourth-order valence-corrected chi connectivity index (χ4v) is 3.17. The summed E-state index contributed by atoms with van der Waals surface area (Å²) in [5.74, 6) is -0.367. The third-order valence-electron chi connectivity index (χ3n) is 4.01. The fourth-order valence-electron chi connectivity index (χ4n) is 2.74. The average Bonchev–Trinajstić information content (AvgIpc) is 2.84. The number of fused-ring (bicyclic) bond motifs is 1. The van der Waals surface area contributed by atoms with Crippen LogP contribution in [0.4, 0.5) is 0 Å². The molecule has 0 fully saturated rings. The second kappa shape index (κ2) is 6.91. The number of likely N-dealkylation sites (N-methyl/N-ethyl adjacent to an activating group) is 1. The molecule has 0 saturated carbocycles. The molecular weight excluding hydrogens is 337 g/mol. The molecule has 1 aromatic carbocycles. The summed E-state index contributed by atoms with van der Waals surface area (Å²) in [5.41, 5.74) is 2.62. The van der Waals surface area contributed by atoms with Gasteiger partial charge in [0.25, 0.3) is 0 Å². The number of hydrogen-bond donors (Lipinski definition) is 0. The summed E-state index contributed by atoms with van der Waals surface area (Å²) in [5, 5.41) is 5.21. The molecule has 0 spiro atoms. The number of nitrogens with zero attached hydrogens (tertiary/aromatic N) is 3. The van der Waals surface area contributed by atoms with Gasteiger partial charge in [0.15, 0.2) is 6.73 Å². The van der Waals surface area contributed by atoms with Crippen LogP contribution in [0.1, 0.15) is 21.5 Å². The third-order valence-corrected chi connectivity index (χ3v) is 4.56. The minimum Gasteiger partial charge on any atom is -0.439 e. The Balaban J connectivity index is 1.80. The lowest BCUT2D eigenvalue weighted by molar-refractivity contribution is 0.0348. The number of carbonyl (C=O) groups excluding carboxylic acids is 1. The van der Waals surface area contributed by atoms with Gasteiger partial charge in [-0.05, 0) is 43.1 Å². The first-order chi connectivity index (χ1) is 11.0. The maximum atomic E-state index is 12.4. The second-order valence-electron chi connectivity index (χ2n) is 5.61. The van der Waals surface area contributed by atoms with Crippen LogP contribution in [0.15, 0.2) is 24.5 Å². The van der Waals surface area contributed by atoms with Crippen molar-refractivity contribution in [2.75, 3.05) is 20.1 Å². The Hall–Kier alpha value is -1.56. The smallest absolute Gasteiger partial charge is 0.340 e. The quantitative estimate of drug-likeness (QED) is 0.795. The van der Waals surface area contributed by atoms with Crippen LogP contribution in [0.5, 0.6) is 0 Å². The Morgan fingerprint density at radius 3 is 2.70 bits per heavy atom. The lowest BCUT2D eigenvalue weighted by Crippen LogP contribution is -2.21. The predicted octanol–water partition coefficient (Wildman–Crippen LogP) is 3.03. The van der Waals surface area contributed by atoms with Gasteiger partial charge < -0.3 is 9.64 Å². The highest BCUT2D eigenvalue weighted by molar-refractivity contribution is 6.31. The third kappa shape index (κ3) is 3.68. The van der Waals surface area contributed by atoms with Crippen LogP contribution in [-0.4, -0.2) is 40.8 Å². The molecule has 0 radical (unpaired) electrons. The van der Waals surface area contributed by atoms with Crippen LogP contribution in [0.25, 0.3) is 0 Å². The molecule has 0 amide bonds. The normalized spacial score (nSPS) is 15.1. The maximum absolute atomic E-state index is 12.4. The molecule has 0 atom stereocenters. The summed E-state index contributed by atoms with van der Waals surface area (Å²) >= 11 is 12.1. The number of carbonyl (C=O) groups is 1. The van der Waals surface area contributed by atoms with Crippen molar-refractivity contribution in [2.24, 2.45) is 0 Å². The number of halogens is 2. The first kappa shape index (κ1) is 16.3. The van der Waals surface area contributed by atoms with Crippen molar-refractivity contribution in [1.82, 2.24) is 14.7 Å². The molecule has 0 N–H and O–H groups in total. The van der Waals surface area contributed by atoms with Crippen LogP contribution >= 0.6 is 23.2 Å². The molecule has 3 rings (SSSR count). The first-order valence-electron chi connectivity index (χ1n) is 7.38. The van der Waals surface area contributed by atoms with E-state index in [2.05, 4.69) is 17.0 Å². The van der Waals surface area contributed by atoms with Gasteiger partial charge in [-0.25, -0.2) is 9.48 Å².